The highest BCUT2D eigenvalue weighted by atomic mass is 16.5. The van der Waals surface area contributed by atoms with Gasteiger partial charge in [0, 0.05) is 23.6 Å². The van der Waals surface area contributed by atoms with Crippen LogP contribution in [0.2, 0.25) is 0 Å². The summed E-state index contributed by atoms with van der Waals surface area (Å²) in [5.41, 5.74) is 8.09. The average Bonchev–Trinajstić information content (AvgIpc) is 2.18. The van der Waals surface area contributed by atoms with Gasteiger partial charge in [0.2, 0.25) is 0 Å². The molecule has 68 valence electrons. The molecule has 0 bridgehead atoms. The maximum atomic E-state index is 5.96. The van der Waals surface area contributed by atoms with Gasteiger partial charge in [-0.3, -0.25) is 0 Å². The van der Waals surface area contributed by atoms with Crippen molar-refractivity contribution in [1.82, 2.24) is 0 Å². The number of para-hydroxylation sites is 1. The van der Waals surface area contributed by atoms with Gasteiger partial charge in [-0.05, 0) is 0 Å². The lowest BCUT2D eigenvalue weighted by molar-refractivity contribution is 0.268. The van der Waals surface area contributed by atoms with Crippen molar-refractivity contribution < 1.29 is 4.74 Å². The highest BCUT2D eigenvalue weighted by Crippen LogP contribution is 2.33. The molecule has 13 heavy (non-hydrogen) atoms. The van der Waals surface area contributed by atoms with E-state index in [1.54, 1.807) is 6.08 Å². The summed E-state index contributed by atoms with van der Waals surface area (Å²) in [5.74, 6) is 0.913. The van der Waals surface area contributed by atoms with E-state index in [2.05, 4.69) is 6.58 Å². The van der Waals surface area contributed by atoms with Crippen LogP contribution in [0.25, 0.3) is 6.08 Å². The number of nitrogens with two attached hydrogens (primary N) is 1. The molecule has 1 atom stereocenters. The van der Waals surface area contributed by atoms with Gasteiger partial charge in [-0.15, -0.1) is 0 Å². The van der Waals surface area contributed by atoms with Gasteiger partial charge >= 0.3 is 0 Å². The SMILES string of the molecule is C=Cc1cccc2c1OCCC2N. The van der Waals surface area contributed by atoms with E-state index in [1.165, 1.54) is 0 Å². The van der Waals surface area contributed by atoms with Crippen LogP contribution in [0.1, 0.15) is 23.6 Å². The van der Waals surface area contributed by atoms with Gasteiger partial charge in [-0.1, -0.05) is 30.9 Å². The van der Waals surface area contributed by atoms with Gasteiger partial charge in [0.1, 0.15) is 5.75 Å². The van der Waals surface area contributed by atoms with Crippen molar-refractivity contribution in [1.29, 1.82) is 0 Å². The molecule has 2 heteroatoms. The van der Waals surface area contributed by atoms with E-state index in [0.29, 0.717) is 6.61 Å². The maximum Gasteiger partial charge on any atom is 0.131 e. The van der Waals surface area contributed by atoms with Gasteiger partial charge in [0.25, 0.3) is 0 Å². The Bertz CT molecular complexity index is 333. The van der Waals surface area contributed by atoms with E-state index >= 15 is 0 Å². The first-order valence-electron chi connectivity index (χ1n) is 4.46. The zero-order valence-corrected chi connectivity index (χ0v) is 7.49. The normalized spacial score (nSPS) is 20.2. The summed E-state index contributed by atoms with van der Waals surface area (Å²) in [6.07, 6.45) is 2.70. The molecule has 1 aliphatic rings. The van der Waals surface area contributed by atoms with E-state index in [-0.39, 0.29) is 6.04 Å². The van der Waals surface area contributed by atoms with Crippen molar-refractivity contribution in [2.75, 3.05) is 6.61 Å². The molecule has 0 radical (unpaired) electrons. The second-order valence-corrected chi connectivity index (χ2v) is 3.21. The van der Waals surface area contributed by atoms with Crippen molar-refractivity contribution in [3.63, 3.8) is 0 Å². The summed E-state index contributed by atoms with van der Waals surface area (Å²) in [6.45, 7) is 4.45. The van der Waals surface area contributed by atoms with Crippen LogP contribution in [0.3, 0.4) is 0 Å². The largest absolute Gasteiger partial charge is 0.493 e. The Balaban J connectivity index is 2.54. The van der Waals surface area contributed by atoms with Crippen LogP contribution in [0.4, 0.5) is 0 Å². The standard InChI is InChI=1S/C11H13NO/c1-2-8-4-3-5-9-10(12)6-7-13-11(8)9/h2-5,10H,1,6-7,12H2. The molecule has 1 unspecified atom stereocenters. The fraction of sp³-hybridized carbons (Fsp3) is 0.273. The average molecular weight is 175 g/mol. The predicted molar refractivity (Wildman–Crippen MR) is 53.6 cm³/mol. The summed E-state index contributed by atoms with van der Waals surface area (Å²) < 4.78 is 5.56. The predicted octanol–water partition coefficient (Wildman–Crippen LogP) is 2.11. The Morgan fingerprint density at radius 2 is 2.38 bits per heavy atom. The van der Waals surface area contributed by atoms with E-state index in [1.807, 2.05) is 18.2 Å². The smallest absolute Gasteiger partial charge is 0.131 e. The minimum absolute atomic E-state index is 0.114. The monoisotopic (exact) mass is 175 g/mol. The van der Waals surface area contributed by atoms with Gasteiger partial charge < -0.3 is 10.5 Å². The Morgan fingerprint density at radius 1 is 1.54 bits per heavy atom. The second-order valence-electron chi connectivity index (χ2n) is 3.21. The molecular weight excluding hydrogens is 162 g/mol. The molecule has 1 aromatic carbocycles. The van der Waals surface area contributed by atoms with Crippen LogP contribution in [-0.2, 0) is 0 Å². The zero-order chi connectivity index (χ0) is 9.26. The number of benzene rings is 1. The number of hydrogen-bond acceptors (Lipinski definition) is 2. The molecule has 1 aliphatic heterocycles. The molecule has 1 heterocycles. The highest BCUT2D eigenvalue weighted by Gasteiger charge is 2.19. The van der Waals surface area contributed by atoms with Crippen molar-refractivity contribution in [2.45, 2.75) is 12.5 Å². The Labute approximate surface area is 78.0 Å². The van der Waals surface area contributed by atoms with Gasteiger partial charge in [-0.25, -0.2) is 0 Å². The van der Waals surface area contributed by atoms with Gasteiger partial charge in [-0.2, -0.15) is 0 Å². The zero-order valence-electron chi connectivity index (χ0n) is 7.49. The molecular formula is C11H13NO. The molecule has 1 aromatic rings. The third kappa shape index (κ3) is 1.33. The minimum atomic E-state index is 0.114. The first kappa shape index (κ1) is 8.32. The highest BCUT2D eigenvalue weighted by molar-refractivity contribution is 5.59. The minimum Gasteiger partial charge on any atom is -0.493 e. The quantitative estimate of drug-likeness (QED) is 0.709. The molecule has 0 saturated carbocycles. The molecule has 2 nitrogen and oxygen atoms in total. The summed E-state index contributed by atoms with van der Waals surface area (Å²) in [7, 11) is 0. The number of ether oxygens (including phenoxy) is 1. The van der Waals surface area contributed by atoms with Crippen LogP contribution >= 0.6 is 0 Å². The lowest BCUT2D eigenvalue weighted by Crippen LogP contribution is -2.20. The molecule has 0 fully saturated rings. The molecule has 0 aromatic heterocycles. The van der Waals surface area contributed by atoms with Crippen molar-refractivity contribution in [2.24, 2.45) is 5.73 Å². The van der Waals surface area contributed by atoms with Crippen LogP contribution in [0.5, 0.6) is 5.75 Å². The summed E-state index contributed by atoms with van der Waals surface area (Å²) in [6, 6.07) is 6.11. The molecule has 0 aliphatic carbocycles. The van der Waals surface area contributed by atoms with Gasteiger partial charge in [0.05, 0.1) is 6.61 Å². The summed E-state index contributed by atoms with van der Waals surface area (Å²) >= 11 is 0. The maximum absolute atomic E-state index is 5.96. The van der Waals surface area contributed by atoms with Crippen LogP contribution < -0.4 is 10.5 Å². The van der Waals surface area contributed by atoms with E-state index in [0.717, 1.165) is 23.3 Å². The Kier molecular flexibility index (Phi) is 2.07. The topological polar surface area (TPSA) is 35.2 Å². The molecule has 0 saturated heterocycles. The lowest BCUT2D eigenvalue weighted by Gasteiger charge is -2.24. The summed E-state index contributed by atoms with van der Waals surface area (Å²) in [5, 5.41) is 0. The second kappa shape index (κ2) is 3.23. The van der Waals surface area contributed by atoms with Crippen LogP contribution in [-0.4, -0.2) is 6.61 Å². The number of fused-ring (bicyclic) bond motifs is 1. The molecule has 2 rings (SSSR count). The molecule has 0 amide bonds. The fourth-order valence-corrected chi connectivity index (χ4v) is 1.64. The van der Waals surface area contributed by atoms with Crippen molar-refractivity contribution in [3.05, 3.63) is 35.9 Å². The first-order valence-corrected chi connectivity index (χ1v) is 4.46. The van der Waals surface area contributed by atoms with Crippen LogP contribution in [0, 0.1) is 0 Å². The summed E-state index contributed by atoms with van der Waals surface area (Å²) in [4.78, 5) is 0. The van der Waals surface area contributed by atoms with Crippen LogP contribution in [0.15, 0.2) is 24.8 Å². The van der Waals surface area contributed by atoms with E-state index in [4.69, 9.17) is 10.5 Å². The van der Waals surface area contributed by atoms with Crippen molar-refractivity contribution >= 4 is 6.08 Å². The number of hydrogen-bond donors (Lipinski definition) is 1. The first-order chi connectivity index (χ1) is 6.33. The third-order valence-electron chi connectivity index (χ3n) is 2.37. The number of rotatable bonds is 1. The van der Waals surface area contributed by atoms with E-state index < -0.39 is 0 Å². The Hall–Kier alpha value is -1.28. The fourth-order valence-electron chi connectivity index (χ4n) is 1.64. The third-order valence-corrected chi connectivity index (χ3v) is 2.37. The Morgan fingerprint density at radius 3 is 3.15 bits per heavy atom. The molecule has 0 spiro atoms. The van der Waals surface area contributed by atoms with Gasteiger partial charge in [0.15, 0.2) is 0 Å². The van der Waals surface area contributed by atoms with E-state index in [9.17, 15) is 0 Å². The lowest BCUT2D eigenvalue weighted by atomic mass is 9.98. The van der Waals surface area contributed by atoms with Crippen molar-refractivity contribution in [3.8, 4) is 5.75 Å². The molecule has 2 N–H and O–H groups in total.